The molecule has 0 aromatic carbocycles. The van der Waals surface area contributed by atoms with Crippen molar-refractivity contribution in [1.29, 1.82) is 0 Å². The SMILES string of the molecule is O=C(O)COC/C=C/C[C@@H]1[C@@H](/C=C/C(O)C2CCCCC2)[C@H](O)C[C@@H]1Cl. The maximum atomic E-state index is 10.4. The number of carbonyl (C=O) groups is 1. The van der Waals surface area contributed by atoms with E-state index in [1.165, 1.54) is 19.3 Å². The van der Waals surface area contributed by atoms with Crippen molar-refractivity contribution in [2.45, 2.75) is 62.5 Å². The predicted octanol–water partition coefficient (Wildman–Crippen LogP) is 3.14. The molecule has 2 rings (SSSR count). The van der Waals surface area contributed by atoms with Crippen LogP contribution in [0.5, 0.6) is 0 Å². The van der Waals surface area contributed by atoms with Crippen LogP contribution in [0, 0.1) is 17.8 Å². The summed E-state index contributed by atoms with van der Waals surface area (Å²) in [6.45, 7) is -0.0650. The van der Waals surface area contributed by atoms with E-state index in [0.29, 0.717) is 18.8 Å². The Balaban J connectivity index is 1.84. The second-order valence-corrected chi connectivity index (χ2v) is 8.01. The highest BCUT2D eigenvalue weighted by molar-refractivity contribution is 6.21. The minimum absolute atomic E-state index is 0.0691. The normalized spacial score (nSPS) is 31.8. The first-order valence-corrected chi connectivity index (χ1v) is 10.1. The number of ether oxygens (including phenoxy) is 1. The van der Waals surface area contributed by atoms with Crippen molar-refractivity contribution in [2.24, 2.45) is 17.8 Å². The Morgan fingerprint density at radius 3 is 2.65 bits per heavy atom. The Bertz CT molecular complexity index is 487. The second kappa shape index (κ2) is 11.1. The zero-order valence-corrected chi connectivity index (χ0v) is 15.9. The molecule has 0 aliphatic heterocycles. The lowest BCUT2D eigenvalue weighted by molar-refractivity contribution is -0.141. The summed E-state index contributed by atoms with van der Waals surface area (Å²) in [5.74, 6) is -0.632. The molecule has 0 heterocycles. The number of aliphatic carboxylic acids is 1. The molecule has 148 valence electrons. The zero-order valence-electron chi connectivity index (χ0n) is 15.2. The molecular formula is C20H31ClO5. The third kappa shape index (κ3) is 6.69. The average molecular weight is 387 g/mol. The molecule has 0 aromatic heterocycles. The van der Waals surface area contributed by atoms with Gasteiger partial charge in [-0.1, -0.05) is 43.6 Å². The third-order valence-electron chi connectivity index (χ3n) is 5.55. The summed E-state index contributed by atoms with van der Waals surface area (Å²) in [5.41, 5.74) is 0. The van der Waals surface area contributed by atoms with Crippen LogP contribution in [0.4, 0.5) is 0 Å². The highest BCUT2D eigenvalue weighted by atomic mass is 35.5. The van der Waals surface area contributed by atoms with Crippen LogP contribution < -0.4 is 0 Å². The van der Waals surface area contributed by atoms with Crippen molar-refractivity contribution in [1.82, 2.24) is 0 Å². The third-order valence-corrected chi connectivity index (χ3v) is 6.05. The van der Waals surface area contributed by atoms with E-state index in [2.05, 4.69) is 0 Å². The molecule has 5 atom stereocenters. The van der Waals surface area contributed by atoms with E-state index in [1.54, 1.807) is 6.08 Å². The first-order chi connectivity index (χ1) is 12.5. The van der Waals surface area contributed by atoms with Crippen molar-refractivity contribution in [3.63, 3.8) is 0 Å². The number of hydrogen-bond acceptors (Lipinski definition) is 4. The van der Waals surface area contributed by atoms with Crippen molar-refractivity contribution in [2.75, 3.05) is 13.2 Å². The van der Waals surface area contributed by atoms with Gasteiger partial charge in [-0.3, -0.25) is 0 Å². The first-order valence-electron chi connectivity index (χ1n) is 9.62. The van der Waals surface area contributed by atoms with Crippen LogP contribution in [0.1, 0.15) is 44.9 Å². The number of aliphatic hydroxyl groups is 2. The van der Waals surface area contributed by atoms with Crippen molar-refractivity contribution >= 4 is 17.6 Å². The molecular weight excluding hydrogens is 356 g/mol. The number of carboxylic acids is 1. The van der Waals surface area contributed by atoms with Crippen molar-refractivity contribution in [3.05, 3.63) is 24.3 Å². The van der Waals surface area contributed by atoms with Gasteiger partial charge >= 0.3 is 5.97 Å². The minimum Gasteiger partial charge on any atom is -0.480 e. The number of hydrogen-bond donors (Lipinski definition) is 3. The molecule has 0 radical (unpaired) electrons. The Morgan fingerprint density at radius 2 is 1.96 bits per heavy atom. The van der Waals surface area contributed by atoms with Crippen LogP contribution in [0.25, 0.3) is 0 Å². The number of allylic oxidation sites excluding steroid dienone is 1. The molecule has 2 aliphatic rings. The molecule has 0 amide bonds. The number of aliphatic hydroxyl groups excluding tert-OH is 2. The summed E-state index contributed by atoms with van der Waals surface area (Å²) in [7, 11) is 0. The van der Waals surface area contributed by atoms with Crippen LogP contribution in [-0.4, -0.2) is 52.1 Å². The minimum atomic E-state index is -0.986. The van der Waals surface area contributed by atoms with Gasteiger partial charge < -0.3 is 20.1 Å². The molecule has 2 saturated carbocycles. The highest BCUT2D eigenvalue weighted by Gasteiger charge is 2.39. The van der Waals surface area contributed by atoms with E-state index < -0.39 is 18.2 Å². The van der Waals surface area contributed by atoms with E-state index >= 15 is 0 Å². The van der Waals surface area contributed by atoms with Gasteiger partial charge in [-0.2, -0.15) is 0 Å². The molecule has 2 fully saturated rings. The van der Waals surface area contributed by atoms with Gasteiger partial charge in [-0.25, -0.2) is 4.79 Å². The van der Waals surface area contributed by atoms with Crippen LogP contribution in [0.15, 0.2) is 24.3 Å². The van der Waals surface area contributed by atoms with E-state index in [4.69, 9.17) is 21.4 Å². The molecule has 0 bridgehead atoms. The van der Waals surface area contributed by atoms with Gasteiger partial charge in [0.25, 0.3) is 0 Å². The van der Waals surface area contributed by atoms with Crippen molar-refractivity contribution < 1.29 is 24.9 Å². The van der Waals surface area contributed by atoms with Gasteiger partial charge in [0.05, 0.1) is 18.8 Å². The second-order valence-electron chi connectivity index (χ2n) is 7.45. The number of carboxylic acid groups (broad SMARTS) is 1. The molecule has 3 N–H and O–H groups in total. The van der Waals surface area contributed by atoms with Gasteiger partial charge in [0.2, 0.25) is 0 Å². The lowest BCUT2D eigenvalue weighted by atomic mass is 9.84. The van der Waals surface area contributed by atoms with Gasteiger partial charge in [0, 0.05) is 11.3 Å². The molecule has 26 heavy (non-hydrogen) atoms. The maximum Gasteiger partial charge on any atom is 0.329 e. The standard InChI is InChI=1S/C20H31ClO5/c21-17-12-19(23)16(9-10-18(22)14-6-2-1-3-7-14)15(17)8-4-5-11-26-13-20(24)25/h4-5,9-10,14-19,22-23H,1-3,6-8,11-13H2,(H,24,25)/b5-4+,10-9+/t15-,16-,17+,18?,19-/m1/s1. The van der Waals surface area contributed by atoms with Gasteiger partial charge in [-0.15, -0.1) is 11.6 Å². The highest BCUT2D eigenvalue weighted by Crippen LogP contribution is 2.39. The molecule has 0 spiro atoms. The average Bonchev–Trinajstić information content (AvgIpc) is 2.89. The van der Waals surface area contributed by atoms with Crippen LogP contribution in [0.3, 0.4) is 0 Å². The first kappa shape index (κ1) is 21.4. The molecule has 2 aliphatic carbocycles. The van der Waals surface area contributed by atoms with E-state index in [0.717, 1.165) is 12.8 Å². The Labute approximate surface area is 160 Å². The van der Waals surface area contributed by atoms with Gasteiger partial charge in [-0.05, 0) is 37.5 Å². The smallest absolute Gasteiger partial charge is 0.329 e. The summed E-state index contributed by atoms with van der Waals surface area (Å²) in [5, 5.41) is 29.1. The Kier molecular flexibility index (Phi) is 9.12. The maximum absolute atomic E-state index is 10.4. The molecule has 6 heteroatoms. The molecule has 1 unspecified atom stereocenters. The fourth-order valence-corrected chi connectivity index (χ4v) is 4.53. The summed E-state index contributed by atoms with van der Waals surface area (Å²) in [6.07, 6.45) is 13.6. The van der Waals surface area contributed by atoms with Crippen LogP contribution in [0.2, 0.25) is 0 Å². The Hall–Kier alpha value is -0.880. The van der Waals surface area contributed by atoms with Crippen LogP contribution >= 0.6 is 11.6 Å². The predicted molar refractivity (Wildman–Crippen MR) is 101 cm³/mol. The largest absolute Gasteiger partial charge is 0.480 e. The topological polar surface area (TPSA) is 87.0 Å². The Morgan fingerprint density at radius 1 is 1.23 bits per heavy atom. The summed E-state index contributed by atoms with van der Waals surface area (Å²) in [4.78, 5) is 10.4. The summed E-state index contributed by atoms with van der Waals surface area (Å²) >= 11 is 6.41. The van der Waals surface area contributed by atoms with E-state index in [-0.39, 0.29) is 30.4 Å². The fraction of sp³-hybridized carbons (Fsp3) is 0.750. The zero-order chi connectivity index (χ0) is 18.9. The lowest BCUT2D eigenvalue weighted by Crippen LogP contribution is -2.23. The summed E-state index contributed by atoms with van der Waals surface area (Å²) in [6, 6.07) is 0. The molecule has 0 saturated heterocycles. The summed E-state index contributed by atoms with van der Waals surface area (Å²) < 4.78 is 4.96. The van der Waals surface area contributed by atoms with Gasteiger partial charge in [0.1, 0.15) is 6.61 Å². The number of alkyl halides is 1. The van der Waals surface area contributed by atoms with Crippen molar-refractivity contribution in [3.8, 4) is 0 Å². The number of rotatable bonds is 9. The van der Waals surface area contributed by atoms with E-state index in [9.17, 15) is 15.0 Å². The monoisotopic (exact) mass is 386 g/mol. The molecule has 0 aromatic rings. The fourth-order valence-electron chi connectivity index (χ4n) is 4.08. The van der Waals surface area contributed by atoms with Crippen LogP contribution in [-0.2, 0) is 9.53 Å². The quantitative estimate of drug-likeness (QED) is 0.322. The molecule has 5 nitrogen and oxygen atoms in total. The van der Waals surface area contributed by atoms with Gasteiger partial charge in [0.15, 0.2) is 0 Å². The van der Waals surface area contributed by atoms with E-state index in [1.807, 2.05) is 18.2 Å². The number of halogens is 1. The lowest BCUT2D eigenvalue weighted by Gasteiger charge is -2.25.